The highest BCUT2D eigenvalue weighted by Crippen LogP contribution is 2.40. The molecule has 178 valence electrons. The monoisotopic (exact) mass is 489 g/mol. The van der Waals surface area contributed by atoms with Crippen molar-refractivity contribution in [3.63, 3.8) is 0 Å². The number of hydrogen-bond donors (Lipinski definition) is 3. The first kappa shape index (κ1) is 24.3. The van der Waals surface area contributed by atoms with Crippen LogP contribution in [0.1, 0.15) is 44.5 Å². The van der Waals surface area contributed by atoms with E-state index in [4.69, 9.17) is 14.7 Å². The lowest BCUT2D eigenvalue weighted by Crippen LogP contribution is -2.32. The molecule has 0 amide bonds. The summed E-state index contributed by atoms with van der Waals surface area (Å²) in [6.45, 7) is 7.34. The first-order chi connectivity index (χ1) is 15.7. The van der Waals surface area contributed by atoms with Gasteiger partial charge in [0.25, 0.3) is 0 Å². The molecule has 3 aromatic heterocycles. The molecule has 0 bridgehead atoms. The molecule has 10 heteroatoms. The zero-order valence-electron chi connectivity index (χ0n) is 19.6. The van der Waals surface area contributed by atoms with Gasteiger partial charge in [0.1, 0.15) is 16.3 Å². The number of thiazole rings is 1. The number of nitrogens with one attached hydrogen (secondary N) is 1. The van der Waals surface area contributed by atoms with Gasteiger partial charge in [0.05, 0.1) is 27.8 Å². The molecule has 8 nitrogen and oxygen atoms in total. The Kier molecular flexibility index (Phi) is 7.20. The zero-order chi connectivity index (χ0) is 23.8. The predicted molar refractivity (Wildman–Crippen MR) is 133 cm³/mol. The Morgan fingerprint density at radius 1 is 1.21 bits per heavy atom. The Bertz CT molecular complexity index is 1130. The quantitative estimate of drug-likeness (QED) is 0.244. The molecule has 3 heterocycles. The van der Waals surface area contributed by atoms with Crippen molar-refractivity contribution in [1.29, 1.82) is 0 Å². The summed E-state index contributed by atoms with van der Waals surface area (Å²) in [4.78, 5) is 18.7. The van der Waals surface area contributed by atoms with Crippen molar-refractivity contribution in [2.24, 2.45) is 5.92 Å². The van der Waals surface area contributed by atoms with Crippen LogP contribution in [-0.2, 0) is 4.74 Å². The highest BCUT2D eigenvalue weighted by molar-refractivity contribution is 7.98. The molecule has 1 saturated carbocycles. The van der Waals surface area contributed by atoms with Crippen LogP contribution in [-0.4, -0.2) is 60.9 Å². The molecule has 1 aliphatic rings. The molecule has 33 heavy (non-hydrogen) atoms. The smallest absolute Gasteiger partial charge is 0.189 e. The van der Waals surface area contributed by atoms with E-state index in [0.29, 0.717) is 18.0 Å². The largest absolute Gasteiger partial charge is 0.396 e. The van der Waals surface area contributed by atoms with Gasteiger partial charge in [-0.05, 0) is 65.2 Å². The predicted octanol–water partition coefficient (Wildman–Crippen LogP) is 4.17. The summed E-state index contributed by atoms with van der Waals surface area (Å²) in [6.07, 6.45) is 5.80. The van der Waals surface area contributed by atoms with E-state index in [9.17, 15) is 10.2 Å². The normalized spacial score (nSPS) is 21.1. The van der Waals surface area contributed by atoms with Crippen molar-refractivity contribution < 1.29 is 14.9 Å². The molecule has 1 aliphatic carbocycles. The fraction of sp³-hybridized carbons (Fsp3) is 0.565. The molecular formula is C23H31N5O3S2. The third-order valence-corrected chi connectivity index (χ3v) is 7.45. The molecule has 0 saturated heterocycles. The molecule has 3 atom stereocenters. The van der Waals surface area contributed by atoms with Gasteiger partial charge in [-0.25, -0.2) is 15.0 Å². The van der Waals surface area contributed by atoms with Gasteiger partial charge in [-0.15, -0.1) is 11.3 Å². The Morgan fingerprint density at radius 3 is 2.67 bits per heavy atom. The van der Waals surface area contributed by atoms with Gasteiger partial charge >= 0.3 is 0 Å². The second-order valence-corrected chi connectivity index (χ2v) is 10.8. The van der Waals surface area contributed by atoms with Gasteiger partial charge in [0.2, 0.25) is 0 Å². The summed E-state index contributed by atoms with van der Waals surface area (Å²) in [5.74, 6) is -0.308. The van der Waals surface area contributed by atoms with Crippen LogP contribution in [0.3, 0.4) is 0 Å². The van der Waals surface area contributed by atoms with Crippen LogP contribution < -0.4 is 5.32 Å². The summed E-state index contributed by atoms with van der Waals surface area (Å²) < 4.78 is 7.00. The fourth-order valence-corrected chi connectivity index (χ4v) is 5.99. The van der Waals surface area contributed by atoms with E-state index in [2.05, 4.69) is 15.3 Å². The van der Waals surface area contributed by atoms with Gasteiger partial charge in [-0.3, -0.25) is 4.98 Å². The van der Waals surface area contributed by atoms with Crippen molar-refractivity contribution in [2.45, 2.75) is 70.0 Å². The average Bonchev–Trinajstić information content (AvgIpc) is 3.31. The van der Waals surface area contributed by atoms with Crippen molar-refractivity contribution in [3.8, 4) is 10.6 Å². The number of aryl methyl sites for hydroxylation is 2. The Morgan fingerprint density at radius 2 is 2.00 bits per heavy atom. The van der Waals surface area contributed by atoms with Crippen molar-refractivity contribution >= 4 is 39.1 Å². The number of fused-ring (bicyclic) bond motifs is 1. The molecule has 0 spiro atoms. The lowest BCUT2D eigenvalue weighted by Gasteiger charge is -2.27. The van der Waals surface area contributed by atoms with Crippen LogP contribution >= 0.6 is 23.1 Å². The summed E-state index contributed by atoms with van der Waals surface area (Å²) >= 11 is 3.12. The summed E-state index contributed by atoms with van der Waals surface area (Å²) in [5.41, 5.74) is 3.58. The maximum atomic E-state index is 10.2. The maximum absolute atomic E-state index is 10.2. The molecule has 4 rings (SSSR count). The lowest BCUT2D eigenvalue weighted by atomic mass is 10.0. The summed E-state index contributed by atoms with van der Waals surface area (Å²) in [6, 6.07) is 2.08. The van der Waals surface area contributed by atoms with Crippen molar-refractivity contribution in [3.05, 3.63) is 23.7 Å². The van der Waals surface area contributed by atoms with Crippen LogP contribution in [0, 0.1) is 19.8 Å². The van der Waals surface area contributed by atoms with E-state index in [-0.39, 0.29) is 24.7 Å². The van der Waals surface area contributed by atoms with Crippen LogP contribution in [0.2, 0.25) is 0 Å². The number of pyridine rings is 1. The first-order valence-corrected chi connectivity index (χ1v) is 13.2. The van der Waals surface area contributed by atoms with E-state index in [0.717, 1.165) is 44.4 Å². The van der Waals surface area contributed by atoms with Gasteiger partial charge < -0.3 is 20.3 Å². The second-order valence-electron chi connectivity index (χ2n) is 8.97. The Labute approximate surface area is 202 Å². The Hall–Kier alpha value is -1.85. The number of rotatable bonds is 8. The molecule has 1 fully saturated rings. The van der Waals surface area contributed by atoms with Gasteiger partial charge in [0, 0.05) is 18.8 Å². The van der Waals surface area contributed by atoms with E-state index in [1.807, 2.05) is 32.4 Å². The second kappa shape index (κ2) is 9.79. The standard InChI is InChI=1S/C23H31N5O3S2/c1-12-18(21-27-19-13(2)24-8-6-17(19)33-21)20(28-22(25-12)32-5)26-15-10-14(7-9-29)16(11-15)31-23(3,4)30/h6,8,14-16,29-30H,7,9-11H2,1-5H3,(H,25,26,28)/t14?,15?,16-/m0/s1. The zero-order valence-corrected chi connectivity index (χ0v) is 21.3. The van der Waals surface area contributed by atoms with Gasteiger partial charge in [-0.1, -0.05) is 11.8 Å². The van der Waals surface area contributed by atoms with Crippen molar-refractivity contribution in [2.75, 3.05) is 18.2 Å². The van der Waals surface area contributed by atoms with Crippen LogP contribution in [0.5, 0.6) is 0 Å². The Balaban J connectivity index is 1.68. The van der Waals surface area contributed by atoms with Gasteiger partial charge in [-0.2, -0.15) is 0 Å². The van der Waals surface area contributed by atoms with Crippen molar-refractivity contribution in [1.82, 2.24) is 19.9 Å². The van der Waals surface area contributed by atoms with E-state index in [1.54, 1.807) is 25.2 Å². The molecule has 3 N–H and O–H groups in total. The molecule has 2 unspecified atom stereocenters. The summed E-state index contributed by atoms with van der Waals surface area (Å²) in [7, 11) is 0. The SMILES string of the molecule is CSc1nc(C)c(-c2nc3c(C)nccc3s2)c(NC2CC(CCO)[C@@H](OC(C)(C)O)C2)n1. The number of aliphatic hydroxyl groups is 2. The first-order valence-electron chi connectivity index (χ1n) is 11.1. The molecule has 0 aliphatic heterocycles. The minimum Gasteiger partial charge on any atom is -0.396 e. The third kappa shape index (κ3) is 5.46. The lowest BCUT2D eigenvalue weighted by molar-refractivity contribution is -0.213. The number of nitrogens with zero attached hydrogens (tertiary/aromatic N) is 4. The van der Waals surface area contributed by atoms with E-state index >= 15 is 0 Å². The molecule has 0 radical (unpaired) electrons. The van der Waals surface area contributed by atoms with E-state index < -0.39 is 5.79 Å². The van der Waals surface area contributed by atoms with E-state index in [1.165, 1.54) is 11.8 Å². The summed E-state index contributed by atoms with van der Waals surface area (Å²) in [5, 5.41) is 24.9. The number of aliphatic hydroxyl groups excluding tert-OH is 1. The number of aromatic nitrogens is 4. The number of thioether (sulfide) groups is 1. The highest BCUT2D eigenvalue weighted by Gasteiger charge is 2.38. The maximum Gasteiger partial charge on any atom is 0.189 e. The number of ether oxygens (including phenoxy) is 1. The fourth-order valence-electron chi connectivity index (χ4n) is 4.47. The minimum atomic E-state index is -1.22. The molecule has 3 aromatic rings. The highest BCUT2D eigenvalue weighted by atomic mass is 32.2. The topological polar surface area (TPSA) is 113 Å². The van der Waals surface area contributed by atoms with Crippen LogP contribution in [0.25, 0.3) is 20.8 Å². The average molecular weight is 490 g/mol. The number of hydrogen-bond acceptors (Lipinski definition) is 10. The van der Waals surface area contributed by atoms with Gasteiger partial charge in [0.15, 0.2) is 10.9 Å². The third-order valence-electron chi connectivity index (χ3n) is 5.87. The molecular weight excluding hydrogens is 458 g/mol. The molecule has 0 aromatic carbocycles. The minimum absolute atomic E-state index is 0.0921. The number of anilines is 1. The van der Waals surface area contributed by atoms with Crippen LogP contribution in [0.15, 0.2) is 17.4 Å². The van der Waals surface area contributed by atoms with Crippen LogP contribution in [0.4, 0.5) is 5.82 Å².